The second-order valence-electron chi connectivity index (χ2n) is 11.5. The Morgan fingerprint density at radius 2 is 1.61 bits per heavy atom. The fraction of sp³-hybridized carbons (Fsp3) is 0.429. The summed E-state index contributed by atoms with van der Waals surface area (Å²) in [6.07, 6.45) is 1.49. The molecule has 0 bridgehead atoms. The van der Waals surface area contributed by atoms with Gasteiger partial charge in [0.15, 0.2) is 11.5 Å². The van der Waals surface area contributed by atoms with Crippen molar-refractivity contribution in [3.05, 3.63) is 88.7 Å². The molecule has 3 aliphatic rings. The van der Waals surface area contributed by atoms with Crippen LogP contribution in [0, 0.1) is 5.82 Å². The number of para-hydroxylation sites is 1. The van der Waals surface area contributed by atoms with Gasteiger partial charge in [0.1, 0.15) is 5.82 Å². The van der Waals surface area contributed by atoms with Crippen LogP contribution in [0.3, 0.4) is 0 Å². The number of rotatable bonds is 10. The fourth-order valence-corrected chi connectivity index (χ4v) is 6.90. The number of ether oxygens (including phenoxy) is 2. The van der Waals surface area contributed by atoms with Gasteiger partial charge in [-0.15, -0.1) is 0 Å². The lowest BCUT2D eigenvalue weighted by Gasteiger charge is -2.45. The molecule has 0 aliphatic carbocycles. The second kappa shape index (κ2) is 13.3. The predicted molar refractivity (Wildman–Crippen MR) is 168 cm³/mol. The van der Waals surface area contributed by atoms with Crippen molar-refractivity contribution in [2.75, 3.05) is 63.9 Å². The van der Waals surface area contributed by atoms with Crippen LogP contribution >= 0.6 is 0 Å². The van der Waals surface area contributed by atoms with Gasteiger partial charge in [0, 0.05) is 44.8 Å². The van der Waals surface area contributed by atoms with E-state index in [-0.39, 0.29) is 17.6 Å². The van der Waals surface area contributed by atoms with E-state index in [0.717, 1.165) is 55.8 Å². The Hall–Kier alpha value is -4.11. The van der Waals surface area contributed by atoms with Gasteiger partial charge >= 0.3 is 0 Å². The van der Waals surface area contributed by atoms with E-state index < -0.39 is 12.0 Å². The molecule has 1 N–H and O–H groups in total. The van der Waals surface area contributed by atoms with E-state index in [1.54, 1.807) is 6.07 Å². The Labute approximate surface area is 258 Å². The van der Waals surface area contributed by atoms with Gasteiger partial charge in [-0.2, -0.15) is 0 Å². The monoisotopic (exact) mass is 600 g/mol. The van der Waals surface area contributed by atoms with E-state index in [2.05, 4.69) is 15.1 Å². The molecule has 3 aromatic carbocycles. The predicted octanol–water partition coefficient (Wildman–Crippen LogP) is 4.79. The van der Waals surface area contributed by atoms with Crippen LogP contribution in [0.1, 0.15) is 59.3 Å². The summed E-state index contributed by atoms with van der Waals surface area (Å²) >= 11 is 0. The molecule has 0 radical (unpaired) electrons. The first-order chi connectivity index (χ1) is 21.5. The molecule has 2 atom stereocenters. The minimum absolute atomic E-state index is 0.0401. The molecule has 0 spiro atoms. The molecule has 0 unspecified atom stereocenters. The van der Waals surface area contributed by atoms with E-state index in [0.29, 0.717) is 55.5 Å². The Kier molecular flexibility index (Phi) is 9.02. The van der Waals surface area contributed by atoms with Crippen LogP contribution in [0.2, 0.25) is 0 Å². The van der Waals surface area contributed by atoms with Crippen molar-refractivity contribution in [3.63, 3.8) is 0 Å². The Balaban J connectivity index is 1.16. The summed E-state index contributed by atoms with van der Waals surface area (Å²) in [5.74, 6) is 0.485. The summed E-state index contributed by atoms with van der Waals surface area (Å²) in [6, 6.07) is 18.0. The lowest BCUT2D eigenvalue weighted by Crippen LogP contribution is -2.50. The standard InChI is InChI=1S/C35H41FN4O4/c1-3-43-30-22-24-14-17-40-33(27(24)23-31(30)44-4-2)32(25-10-5-6-11-26(25)35(40)42)34(41)37-15-9-16-38-18-20-39(21-19-38)29-13-8-7-12-28(29)36/h5-8,10-13,22-23,32-33H,3-4,9,14-21H2,1-2H3,(H,37,41)/t32-,33+/m1/s1. The topological polar surface area (TPSA) is 74.4 Å². The summed E-state index contributed by atoms with van der Waals surface area (Å²) in [5.41, 5.74) is 4.04. The molecule has 232 valence electrons. The highest BCUT2D eigenvalue weighted by Gasteiger charge is 2.46. The maximum Gasteiger partial charge on any atom is 0.254 e. The highest BCUT2D eigenvalue weighted by Crippen LogP contribution is 2.48. The molecule has 3 aliphatic heterocycles. The summed E-state index contributed by atoms with van der Waals surface area (Å²) in [6.45, 7) is 10.0. The van der Waals surface area contributed by atoms with Crippen LogP contribution in [0.4, 0.5) is 10.1 Å². The molecule has 44 heavy (non-hydrogen) atoms. The summed E-state index contributed by atoms with van der Waals surface area (Å²) < 4.78 is 26.1. The molecule has 0 saturated carbocycles. The first-order valence-corrected chi connectivity index (χ1v) is 15.8. The second-order valence-corrected chi connectivity index (χ2v) is 11.5. The maximum absolute atomic E-state index is 14.2. The molecule has 0 aromatic heterocycles. The largest absolute Gasteiger partial charge is 0.490 e. The molecule has 3 aromatic rings. The third-order valence-electron chi connectivity index (χ3n) is 8.98. The van der Waals surface area contributed by atoms with E-state index in [9.17, 15) is 14.0 Å². The third-order valence-corrected chi connectivity index (χ3v) is 8.98. The van der Waals surface area contributed by atoms with E-state index in [1.165, 1.54) is 6.07 Å². The Morgan fingerprint density at radius 3 is 2.36 bits per heavy atom. The summed E-state index contributed by atoms with van der Waals surface area (Å²) in [5, 5.41) is 3.21. The molecule has 3 heterocycles. The first kappa shape index (κ1) is 29.9. The van der Waals surface area contributed by atoms with Gasteiger partial charge in [0.2, 0.25) is 5.91 Å². The van der Waals surface area contributed by atoms with Crippen LogP contribution in [0.5, 0.6) is 11.5 Å². The van der Waals surface area contributed by atoms with Crippen LogP contribution in [-0.2, 0) is 11.2 Å². The van der Waals surface area contributed by atoms with Gasteiger partial charge in [-0.1, -0.05) is 30.3 Å². The highest BCUT2D eigenvalue weighted by molar-refractivity contribution is 6.01. The number of nitrogens with one attached hydrogen (secondary N) is 1. The van der Waals surface area contributed by atoms with Crippen molar-refractivity contribution in [1.29, 1.82) is 0 Å². The zero-order valence-corrected chi connectivity index (χ0v) is 25.6. The van der Waals surface area contributed by atoms with Crippen LogP contribution in [0.15, 0.2) is 60.7 Å². The van der Waals surface area contributed by atoms with Crippen molar-refractivity contribution in [2.45, 2.75) is 38.6 Å². The number of carbonyl (C=O) groups excluding carboxylic acids is 2. The van der Waals surface area contributed by atoms with Gasteiger partial charge < -0.3 is 24.6 Å². The number of benzene rings is 3. The molecule has 1 fully saturated rings. The highest BCUT2D eigenvalue weighted by atomic mass is 19.1. The normalized spacial score (nSPS) is 19.6. The van der Waals surface area contributed by atoms with Gasteiger partial charge in [0.05, 0.1) is 30.9 Å². The zero-order chi connectivity index (χ0) is 30.6. The maximum atomic E-state index is 14.2. The number of fused-ring (bicyclic) bond motifs is 4. The van der Waals surface area contributed by atoms with Gasteiger partial charge in [-0.3, -0.25) is 14.5 Å². The van der Waals surface area contributed by atoms with Crippen molar-refractivity contribution in [2.24, 2.45) is 0 Å². The van der Waals surface area contributed by atoms with E-state index in [4.69, 9.17) is 9.47 Å². The molecule has 8 nitrogen and oxygen atoms in total. The molecule has 6 rings (SSSR count). The number of anilines is 1. The minimum Gasteiger partial charge on any atom is -0.490 e. The quantitative estimate of drug-likeness (QED) is 0.338. The smallest absolute Gasteiger partial charge is 0.254 e. The van der Waals surface area contributed by atoms with Crippen molar-refractivity contribution < 1.29 is 23.5 Å². The zero-order valence-electron chi connectivity index (χ0n) is 25.6. The lowest BCUT2D eigenvalue weighted by atomic mass is 9.75. The van der Waals surface area contributed by atoms with Crippen molar-refractivity contribution in [3.8, 4) is 11.5 Å². The van der Waals surface area contributed by atoms with Crippen LogP contribution in [0.25, 0.3) is 0 Å². The summed E-state index contributed by atoms with van der Waals surface area (Å²) in [7, 11) is 0. The Bertz CT molecular complexity index is 1510. The van der Waals surface area contributed by atoms with Crippen molar-refractivity contribution in [1.82, 2.24) is 15.1 Å². The van der Waals surface area contributed by atoms with E-state index >= 15 is 0 Å². The Morgan fingerprint density at radius 1 is 0.909 bits per heavy atom. The molecule has 1 saturated heterocycles. The number of halogens is 1. The first-order valence-electron chi connectivity index (χ1n) is 15.8. The van der Waals surface area contributed by atoms with Crippen molar-refractivity contribution >= 4 is 17.5 Å². The lowest BCUT2D eigenvalue weighted by molar-refractivity contribution is -0.124. The number of carbonyl (C=O) groups is 2. The van der Waals surface area contributed by atoms with Crippen LogP contribution in [-0.4, -0.2) is 80.6 Å². The molecular weight excluding hydrogens is 559 g/mol. The average molecular weight is 601 g/mol. The number of piperazine rings is 1. The van der Waals surface area contributed by atoms with Gasteiger partial charge in [-0.25, -0.2) is 4.39 Å². The average Bonchev–Trinajstić information content (AvgIpc) is 3.04. The van der Waals surface area contributed by atoms with Gasteiger partial charge in [-0.05, 0) is 80.3 Å². The SMILES string of the molecule is CCOc1cc2c(cc1OCC)[C@H]1[C@H](C(=O)NCCCN3CCN(c4ccccc4F)CC3)c3ccccc3C(=O)N1CC2. The molecule has 9 heteroatoms. The summed E-state index contributed by atoms with van der Waals surface area (Å²) in [4.78, 5) is 34.0. The minimum atomic E-state index is -0.542. The van der Waals surface area contributed by atoms with Crippen LogP contribution < -0.4 is 19.7 Å². The number of hydrogen-bond donors (Lipinski definition) is 1. The van der Waals surface area contributed by atoms with Gasteiger partial charge in [0.25, 0.3) is 5.91 Å². The van der Waals surface area contributed by atoms with E-state index in [1.807, 2.05) is 67.3 Å². The molecular formula is C35H41FN4O4. The molecule has 2 amide bonds. The number of hydrogen-bond acceptors (Lipinski definition) is 6. The number of nitrogens with zero attached hydrogens (tertiary/aromatic N) is 3. The third kappa shape index (κ3) is 5.85. The number of amides is 2. The fourth-order valence-electron chi connectivity index (χ4n) is 6.90.